The van der Waals surface area contributed by atoms with Gasteiger partial charge in [0.25, 0.3) is 0 Å². The van der Waals surface area contributed by atoms with Crippen molar-refractivity contribution in [3.8, 4) is 17.2 Å². The molecule has 3 aromatic rings. The minimum atomic E-state index is -4.98. The van der Waals surface area contributed by atoms with Crippen LogP contribution in [0.3, 0.4) is 0 Å². The van der Waals surface area contributed by atoms with E-state index in [0.717, 1.165) is 23.1 Å². The van der Waals surface area contributed by atoms with Gasteiger partial charge in [-0.05, 0) is 36.4 Å². The maximum atomic E-state index is 13.3. The summed E-state index contributed by atoms with van der Waals surface area (Å²) in [4.78, 5) is 0.976. The average molecular weight is 489 g/mol. The third-order valence-electron chi connectivity index (χ3n) is 4.48. The van der Waals surface area contributed by atoms with E-state index in [1.54, 1.807) is 30.3 Å². The molecule has 0 saturated carbocycles. The molecule has 34 heavy (non-hydrogen) atoms. The van der Waals surface area contributed by atoms with E-state index in [1.807, 2.05) is 0 Å². The Morgan fingerprint density at radius 3 is 1.82 bits per heavy atom. The molecule has 0 unspecified atom stereocenters. The maximum absolute atomic E-state index is 13.3. The fraction of sp³-hybridized carbons (Fsp3) is 0.217. The average Bonchev–Trinajstić information content (AvgIpc) is 2.77. The Bertz CT molecular complexity index is 1080. The fourth-order valence-corrected chi connectivity index (χ4v) is 2.89. The molecule has 0 aliphatic heterocycles. The van der Waals surface area contributed by atoms with Crippen LogP contribution in [0.2, 0.25) is 0 Å². The molecule has 0 amide bonds. The Kier molecular flexibility index (Phi) is 7.55. The van der Waals surface area contributed by atoms with Crippen LogP contribution >= 0.6 is 0 Å². The summed E-state index contributed by atoms with van der Waals surface area (Å²) in [7, 11) is 0. The van der Waals surface area contributed by atoms with Gasteiger partial charge >= 0.3 is 18.7 Å². The first-order chi connectivity index (χ1) is 16.0. The molecule has 3 aromatic carbocycles. The molecule has 0 aromatic heterocycles. The molecule has 0 spiro atoms. The third kappa shape index (κ3) is 6.53. The molecule has 0 aliphatic carbocycles. The van der Waals surface area contributed by atoms with Crippen LogP contribution in [0.15, 0.2) is 78.9 Å². The molecule has 0 heterocycles. The van der Waals surface area contributed by atoms with Gasteiger partial charge in [-0.25, -0.2) is 0 Å². The summed E-state index contributed by atoms with van der Waals surface area (Å²) in [6.07, 6.45) is -16.7. The zero-order chi connectivity index (χ0) is 24.9. The molecule has 0 fully saturated rings. The van der Waals surface area contributed by atoms with Crippen LogP contribution in [0.4, 0.5) is 42.1 Å². The molecule has 182 valence electrons. The zero-order valence-corrected chi connectivity index (χ0v) is 17.2. The van der Waals surface area contributed by atoms with Gasteiger partial charge in [-0.15, -0.1) is 0 Å². The molecule has 0 aliphatic rings. The number of hydrogen-bond donors (Lipinski definition) is 1. The standard InChI is InChI=1S/C23H18F7NO3/c24-21(25)23(29,30)34-19-11-5-7-16(13-19)31(14-20(32)22(26,27)28)15-6-4-10-18(12-15)33-17-8-2-1-3-9-17/h1-13,20-21,32H,14H2/t20-/m1/s1. The molecule has 4 nitrogen and oxygen atoms in total. The Labute approximate surface area is 189 Å². The first kappa shape index (κ1) is 25.2. The predicted molar refractivity (Wildman–Crippen MR) is 110 cm³/mol. The van der Waals surface area contributed by atoms with E-state index in [1.165, 1.54) is 30.3 Å². The van der Waals surface area contributed by atoms with E-state index in [0.29, 0.717) is 5.75 Å². The minimum absolute atomic E-state index is 0.106. The van der Waals surface area contributed by atoms with Crippen molar-refractivity contribution in [1.29, 1.82) is 0 Å². The van der Waals surface area contributed by atoms with Gasteiger partial charge in [0.1, 0.15) is 17.2 Å². The summed E-state index contributed by atoms with van der Waals surface area (Å²) >= 11 is 0. The van der Waals surface area contributed by atoms with E-state index in [-0.39, 0.29) is 17.1 Å². The molecule has 3 rings (SSSR count). The SMILES string of the molecule is O[C@H](CN(c1cccc(Oc2ccccc2)c1)c1cccc(OC(F)(F)C(F)F)c1)C(F)(F)F. The van der Waals surface area contributed by atoms with Crippen LogP contribution in [-0.4, -0.2) is 36.5 Å². The number of rotatable bonds is 9. The molecular formula is C23H18F7NO3. The number of alkyl halides is 7. The lowest BCUT2D eigenvalue weighted by atomic mass is 10.2. The second kappa shape index (κ2) is 10.2. The van der Waals surface area contributed by atoms with E-state index < -0.39 is 37.1 Å². The van der Waals surface area contributed by atoms with Crippen LogP contribution in [0.5, 0.6) is 17.2 Å². The van der Waals surface area contributed by atoms with E-state index in [9.17, 15) is 35.8 Å². The smallest absolute Gasteiger partial charge is 0.457 e. The van der Waals surface area contributed by atoms with E-state index in [2.05, 4.69) is 4.74 Å². The quantitative estimate of drug-likeness (QED) is 0.337. The van der Waals surface area contributed by atoms with Crippen LogP contribution in [0, 0.1) is 0 Å². The van der Waals surface area contributed by atoms with Crippen molar-refractivity contribution in [1.82, 2.24) is 0 Å². The Morgan fingerprint density at radius 2 is 1.26 bits per heavy atom. The summed E-state index contributed by atoms with van der Waals surface area (Å²) < 4.78 is 101. The zero-order valence-electron chi connectivity index (χ0n) is 17.2. The number of aliphatic hydroxyl groups excluding tert-OH is 1. The largest absolute Gasteiger partial charge is 0.461 e. The van der Waals surface area contributed by atoms with Crippen molar-refractivity contribution in [2.45, 2.75) is 24.8 Å². The number of para-hydroxylation sites is 1. The molecule has 0 bridgehead atoms. The Balaban J connectivity index is 1.97. The second-order valence-corrected chi connectivity index (χ2v) is 7.04. The van der Waals surface area contributed by atoms with Gasteiger partial charge in [-0.1, -0.05) is 30.3 Å². The van der Waals surface area contributed by atoms with Crippen LogP contribution < -0.4 is 14.4 Å². The number of ether oxygens (including phenoxy) is 2. The van der Waals surface area contributed by atoms with E-state index >= 15 is 0 Å². The van der Waals surface area contributed by atoms with Gasteiger partial charge < -0.3 is 19.5 Å². The lowest BCUT2D eigenvalue weighted by Gasteiger charge is -2.29. The monoisotopic (exact) mass is 489 g/mol. The highest BCUT2D eigenvalue weighted by atomic mass is 19.4. The van der Waals surface area contributed by atoms with Crippen molar-refractivity contribution < 1.29 is 45.3 Å². The second-order valence-electron chi connectivity index (χ2n) is 7.04. The summed E-state index contributed by atoms with van der Waals surface area (Å²) in [6, 6.07) is 18.5. The Hall–Kier alpha value is -3.47. The van der Waals surface area contributed by atoms with Crippen molar-refractivity contribution in [3.63, 3.8) is 0 Å². The van der Waals surface area contributed by atoms with Gasteiger partial charge in [-0.3, -0.25) is 0 Å². The number of anilines is 2. The molecule has 0 radical (unpaired) electrons. The van der Waals surface area contributed by atoms with Gasteiger partial charge in [0.15, 0.2) is 6.10 Å². The number of nitrogens with zero attached hydrogens (tertiary/aromatic N) is 1. The molecule has 0 saturated heterocycles. The first-order valence-electron chi connectivity index (χ1n) is 9.76. The summed E-state index contributed by atoms with van der Waals surface area (Å²) in [5.41, 5.74) is -0.0165. The number of halogens is 7. The van der Waals surface area contributed by atoms with Crippen molar-refractivity contribution in [2.24, 2.45) is 0 Å². The number of aliphatic hydroxyl groups is 1. The summed E-state index contributed by atoms with van der Waals surface area (Å²) in [6.45, 7) is -1.02. The topological polar surface area (TPSA) is 41.9 Å². The van der Waals surface area contributed by atoms with E-state index in [4.69, 9.17) is 4.74 Å². The van der Waals surface area contributed by atoms with Crippen LogP contribution in [0.1, 0.15) is 0 Å². The van der Waals surface area contributed by atoms with Crippen LogP contribution in [0.25, 0.3) is 0 Å². The number of benzene rings is 3. The number of hydrogen-bond acceptors (Lipinski definition) is 4. The molecule has 1 atom stereocenters. The normalized spacial score (nSPS) is 13.0. The van der Waals surface area contributed by atoms with Crippen molar-refractivity contribution in [3.05, 3.63) is 78.9 Å². The highest BCUT2D eigenvalue weighted by Gasteiger charge is 2.44. The van der Waals surface area contributed by atoms with Gasteiger partial charge in [0, 0.05) is 23.5 Å². The fourth-order valence-electron chi connectivity index (χ4n) is 2.89. The minimum Gasteiger partial charge on any atom is -0.457 e. The molecule has 11 heteroatoms. The van der Waals surface area contributed by atoms with Gasteiger partial charge in [0.2, 0.25) is 0 Å². The summed E-state index contributed by atoms with van der Waals surface area (Å²) in [5.74, 6) is -0.0102. The maximum Gasteiger partial charge on any atom is 0.461 e. The lowest BCUT2D eigenvalue weighted by molar-refractivity contribution is -0.253. The first-order valence-corrected chi connectivity index (χ1v) is 9.76. The lowest BCUT2D eigenvalue weighted by Crippen LogP contribution is -2.39. The van der Waals surface area contributed by atoms with Crippen molar-refractivity contribution >= 4 is 11.4 Å². The third-order valence-corrected chi connectivity index (χ3v) is 4.48. The highest BCUT2D eigenvalue weighted by molar-refractivity contribution is 5.66. The summed E-state index contributed by atoms with van der Waals surface area (Å²) in [5, 5.41) is 9.66. The Morgan fingerprint density at radius 1 is 0.735 bits per heavy atom. The highest BCUT2D eigenvalue weighted by Crippen LogP contribution is 2.35. The molecular weight excluding hydrogens is 471 g/mol. The van der Waals surface area contributed by atoms with Crippen molar-refractivity contribution in [2.75, 3.05) is 11.4 Å². The van der Waals surface area contributed by atoms with Gasteiger partial charge in [0.05, 0.1) is 6.54 Å². The van der Waals surface area contributed by atoms with Gasteiger partial charge in [-0.2, -0.15) is 30.7 Å². The van der Waals surface area contributed by atoms with Crippen LogP contribution in [-0.2, 0) is 0 Å². The predicted octanol–water partition coefficient (Wildman–Crippen LogP) is 6.78. The molecule has 1 N–H and O–H groups in total.